The van der Waals surface area contributed by atoms with Gasteiger partial charge < -0.3 is 25.3 Å². The maximum atomic E-state index is 13.8. The van der Waals surface area contributed by atoms with Crippen LogP contribution in [0.15, 0.2) is 65.7 Å². The number of hydrogen-bond donors (Lipinski definition) is 3. The van der Waals surface area contributed by atoms with E-state index in [1.165, 1.54) is 17.0 Å². The van der Waals surface area contributed by atoms with Gasteiger partial charge in [0.15, 0.2) is 0 Å². The van der Waals surface area contributed by atoms with E-state index < -0.39 is 35.9 Å². The highest BCUT2D eigenvalue weighted by molar-refractivity contribution is 6.04. The maximum Gasteiger partial charge on any atom is 0.416 e. The number of aryl methyl sites for hydroxylation is 2. The molecule has 0 aliphatic rings. The van der Waals surface area contributed by atoms with E-state index in [2.05, 4.69) is 20.9 Å². The highest BCUT2D eigenvalue weighted by Gasteiger charge is 2.34. The molecule has 0 fully saturated rings. The van der Waals surface area contributed by atoms with Crippen LogP contribution >= 0.6 is 0 Å². The number of ether oxygens (including phenoxy) is 1. The van der Waals surface area contributed by atoms with Crippen molar-refractivity contribution in [3.63, 3.8) is 0 Å². The largest absolute Gasteiger partial charge is 0.445 e. The molecular formula is C30H30F3N5O4. The molecule has 1 heterocycles. The first kappa shape index (κ1) is 30.1. The zero-order chi connectivity index (χ0) is 30.8. The van der Waals surface area contributed by atoms with Crippen LogP contribution in [0.1, 0.15) is 47.8 Å². The first-order valence-electron chi connectivity index (χ1n) is 12.9. The van der Waals surface area contributed by atoms with Crippen molar-refractivity contribution in [3.05, 3.63) is 93.5 Å². The Kier molecular flexibility index (Phi) is 8.28. The highest BCUT2D eigenvalue weighted by Crippen LogP contribution is 2.33. The average molecular weight is 582 g/mol. The molecule has 4 aromatic rings. The predicted octanol–water partition coefficient (Wildman–Crippen LogP) is 6.28. The summed E-state index contributed by atoms with van der Waals surface area (Å²) in [5, 5.41) is 8.78. The minimum Gasteiger partial charge on any atom is -0.445 e. The number of fused-ring (bicyclic) bond motifs is 1. The Morgan fingerprint density at radius 2 is 1.69 bits per heavy atom. The number of alkyl carbamates (subject to hydrolysis) is 1. The van der Waals surface area contributed by atoms with Crippen molar-refractivity contribution in [1.29, 1.82) is 0 Å². The van der Waals surface area contributed by atoms with Gasteiger partial charge in [-0.2, -0.15) is 13.2 Å². The first-order chi connectivity index (χ1) is 19.6. The molecule has 4 rings (SSSR count). The van der Waals surface area contributed by atoms with Crippen LogP contribution in [-0.4, -0.2) is 27.1 Å². The molecule has 220 valence electrons. The van der Waals surface area contributed by atoms with Crippen molar-refractivity contribution >= 4 is 40.0 Å². The van der Waals surface area contributed by atoms with Crippen molar-refractivity contribution in [3.8, 4) is 0 Å². The van der Waals surface area contributed by atoms with E-state index in [0.29, 0.717) is 28.0 Å². The highest BCUT2D eigenvalue weighted by atomic mass is 19.4. The van der Waals surface area contributed by atoms with Gasteiger partial charge >= 0.3 is 12.3 Å². The van der Waals surface area contributed by atoms with Gasteiger partial charge in [0, 0.05) is 40.8 Å². The van der Waals surface area contributed by atoms with Gasteiger partial charge in [-0.15, -0.1) is 0 Å². The van der Waals surface area contributed by atoms with E-state index in [4.69, 9.17) is 4.74 Å². The van der Waals surface area contributed by atoms with Gasteiger partial charge in [-0.05, 0) is 75.7 Å². The second-order valence-electron chi connectivity index (χ2n) is 10.8. The number of rotatable bonds is 6. The fourth-order valence-corrected chi connectivity index (χ4v) is 4.08. The maximum absolute atomic E-state index is 13.8. The number of benzene rings is 3. The molecular weight excluding hydrogens is 551 g/mol. The van der Waals surface area contributed by atoms with Crippen molar-refractivity contribution in [2.75, 3.05) is 10.6 Å². The van der Waals surface area contributed by atoms with Gasteiger partial charge in [0.05, 0.1) is 22.8 Å². The molecule has 0 aliphatic heterocycles. The molecule has 0 saturated heterocycles. The fourth-order valence-electron chi connectivity index (χ4n) is 4.08. The lowest BCUT2D eigenvalue weighted by Gasteiger charge is -2.20. The van der Waals surface area contributed by atoms with Crippen LogP contribution in [0.2, 0.25) is 0 Å². The van der Waals surface area contributed by atoms with Crippen LogP contribution in [0.4, 0.5) is 35.0 Å². The second-order valence-corrected chi connectivity index (χ2v) is 10.8. The Labute approximate surface area is 239 Å². The monoisotopic (exact) mass is 581 g/mol. The number of hydrogen-bond acceptors (Lipinski definition) is 6. The number of amides is 2. The molecule has 0 atom stereocenters. The number of nitrogens with zero attached hydrogens (tertiary/aromatic N) is 2. The summed E-state index contributed by atoms with van der Waals surface area (Å²) < 4.78 is 47.9. The van der Waals surface area contributed by atoms with E-state index in [9.17, 15) is 27.6 Å². The van der Waals surface area contributed by atoms with Gasteiger partial charge in [0.2, 0.25) is 0 Å². The lowest BCUT2D eigenvalue weighted by Crippen LogP contribution is -2.40. The van der Waals surface area contributed by atoms with Gasteiger partial charge in [0.1, 0.15) is 6.61 Å². The number of alkyl halides is 3. The SMILES string of the molecule is Cc1ccc(NC(=O)c2ccc(COC(=O)NC(C)(C)C)c(C(F)(F)F)c2)cc1Nc1ccc2ncn(C)c(=O)c2c1. The molecule has 0 aliphatic carbocycles. The molecule has 12 heteroatoms. The van der Waals surface area contributed by atoms with E-state index in [0.717, 1.165) is 17.7 Å². The van der Waals surface area contributed by atoms with Gasteiger partial charge in [-0.1, -0.05) is 12.1 Å². The van der Waals surface area contributed by atoms with Crippen molar-refractivity contribution < 1.29 is 27.5 Å². The Bertz CT molecular complexity index is 1730. The number of halogens is 3. The summed E-state index contributed by atoms with van der Waals surface area (Å²) in [6.45, 7) is 6.34. The van der Waals surface area contributed by atoms with Crippen LogP contribution in [0.5, 0.6) is 0 Å². The normalized spacial score (nSPS) is 11.7. The van der Waals surface area contributed by atoms with Gasteiger partial charge in [-0.3, -0.25) is 9.59 Å². The average Bonchev–Trinajstić information content (AvgIpc) is 2.90. The molecule has 2 amide bonds. The summed E-state index contributed by atoms with van der Waals surface area (Å²) in [5.41, 5.74) is 0.523. The summed E-state index contributed by atoms with van der Waals surface area (Å²) in [4.78, 5) is 41.6. The molecule has 0 spiro atoms. The van der Waals surface area contributed by atoms with E-state index >= 15 is 0 Å². The summed E-state index contributed by atoms with van der Waals surface area (Å²) in [6, 6.07) is 13.2. The van der Waals surface area contributed by atoms with E-state index in [1.54, 1.807) is 64.2 Å². The Morgan fingerprint density at radius 1 is 0.976 bits per heavy atom. The third-order valence-corrected chi connectivity index (χ3v) is 6.21. The number of nitrogens with one attached hydrogen (secondary N) is 3. The lowest BCUT2D eigenvalue weighted by molar-refractivity contribution is -0.138. The molecule has 0 bridgehead atoms. The standard InChI is InChI=1S/C30H30F3N5O4/c1-17-6-9-21(14-25(17)35-20-10-11-24-22(13-20)27(40)38(5)16-34-24)36-26(39)18-7-8-19(23(12-18)30(31,32)33)15-42-28(41)37-29(2,3)4/h6-14,16,35H,15H2,1-5H3,(H,36,39)(H,37,41). The number of carbonyl (C=O) groups is 2. The Hall–Kier alpha value is -4.87. The van der Waals surface area contributed by atoms with Crippen LogP contribution in [0, 0.1) is 6.92 Å². The summed E-state index contributed by atoms with van der Waals surface area (Å²) in [7, 11) is 1.61. The second kappa shape index (κ2) is 11.6. The number of carbonyl (C=O) groups excluding carboxylic acids is 2. The van der Waals surface area contributed by atoms with Crippen LogP contribution < -0.4 is 21.5 Å². The smallest absolute Gasteiger partial charge is 0.416 e. The zero-order valence-electron chi connectivity index (χ0n) is 23.6. The summed E-state index contributed by atoms with van der Waals surface area (Å²) in [6.07, 6.45) is -4.20. The molecule has 42 heavy (non-hydrogen) atoms. The number of aromatic nitrogens is 2. The van der Waals surface area contributed by atoms with E-state index in [-0.39, 0.29) is 16.7 Å². The fraction of sp³-hybridized carbons (Fsp3) is 0.267. The third kappa shape index (κ3) is 7.25. The number of anilines is 3. The molecule has 0 unspecified atom stereocenters. The van der Waals surface area contributed by atoms with E-state index in [1.807, 2.05) is 6.92 Å². The van der Waals surface area contributed by atoms with Gasteiger partial charge in [-0.25, -0.2) is 9.78 Å². The first-order valence-corrected chi connectivity index (χ1v) is 12.9. The lowest BCUT2D eigenvalue weighted by atomic mass is 10.0. The van der Waals surface area contributed by atoms with Crippen LogP contribution in [0.3, 0.4) is 0 Å². The molecule has 0 saturated carbocycles. The third-order valence-electron chi connectivity index (χ3n) is 6.21. The molecule has 1 aromatic heterocycles. The van der Waals surface area contributed by atoms with Crippen molar-refractivity contribution in [2.24, 2.45) is 7.05 Å². The predicted molar refractivity (Wildman–Crippen MR) is 154 cm³/mol. The minimum absolute atomic E-state index is 0.203. The molecule has 9 nitrogen and oxygen atoms in total. The molecule has 3 N–H and O–H groups in total. The zero-order valence-corrected chi connectivity index (χ0v) is 23.6. The van der Waals surface area contributed by atoms with Crippen molar-refractivity contribution in [1.82, 2.24) is 14.9 Å². The molecule has 3 aromatic carbocycles. The van der Waals surface area contributed by atoms with Crippen LogP contribution in [-0.2, 0) is 24.6 Å². The quantitative estimate of drug-likeness (QED) is 0.247. The topological polar surface area (TPSA) is 114 Å². The van der Waals surface area contributed by atoms with Crippen LogP contribution in [0.25, 0.3) is 10.9 Å². The van der Waals surface area contributed by atoms with Crippen molar-refractivity contribution in [2.45, 2.75) is 46.0 Å². The summed E-state index contributed by atoms with van der Waals surface area (Å²) in [5.74, 6) is -0.756. The minimum atomic E-state index is -4.78. The summed E-state index contributed by atoms with van der Waals surface area (Å²) >= 11 is 0. The Morgan fingerprint density at radius 3 is 2.38 bits per heavy atom. The van der Waals surface area contributed by atoms with Gasteiger partial charge in [0.25, 0.3) is 11.5 Å². The Balaban J connectivity index is 1.53. The molecule has 0 radical (unpaired) electrons.